The molecular formula is C13H29N3. The van der Waals surface area contributed by atoms with Crippen molar-refractivity contribution < 1.29 is 0 Å². The lowest BCUT2D eigenvalue weighted by Gasteiger charge is -2.34. The Morgan fingerprint density at radius 3 is 2.19 bits per heavy atom. The van der Waals surface area contributed by atoms with Gasteiger partial charge in [-0.05, 0) is 19.4 Å². The van der Waals surface area contributed by atoms with Gasteiger partial charge in [-0.1, -0.05) is 20.8 Å². The molecule has 1 atom stereocenters. The van der Waals surface area contributed by atoms with Crippen LogP contribution >= 0.6 is 0 Å². The van der Waals surface area contributed by atoms with Crippen LogP contribution < -0.4 is 5.32 Å². The Morgan fingerprint density at radius 1 is 1.12 bits per heavy atom. The van der Waals surface area contributed by atoms with Crippen molar-refractivity contribution in [2.24, 2.45) is 5.41 Å². The zero-order valence-electron chi connectivity index (χ0n) is 11.7. The topological polar surface area (TPSA) is 18.5 Å². The first-order chi connectivity index (χ1) is 7.37. The fraction of sp³-hybridized carbons (Fsp3) is 1.00. The van der Waals surface area contributed by atoms with Gasteiger partial charge >= 0.3 is 0 Å². The van der Waals surface area contributed by atoms with Crippen molar-refractivity contribution in [1.82, 2.24) is 15.1 Å². The standard InChI is InChI=1S/C13H29N3/c1-12(14-11-13(2,3)4)10-16-8-6-15(5)7-9-16/h12,14H,6-11H2,1-5H3. The first-order valence-electron chi connectivity index (χ1n) is 6.51. The third-order valence-corrected chi connectivity index (χ3v) is 3.11. The number of piperazine rings is 1. The van der Waals surface area contributed by atoms with Crippen molar-refractivity contribution in [2.75, 3.05) is 46.3 Å². The Labute approximate surface area is 101 Å². The number of likely N-dealkylation sites (N-methyl/N-ethyl adjacent to an activating group) is 1. The average molecular weight is 227 g/mol. The predicted octanol–water partition coefficient (Wildman–Crippen LogP) is 1.26. The van der Waals surface area contributed by atoms with E-state index in [1.165, 1.54) is 32.7 Å². The van der Waals surface area contributed by atoms with Gasteiger partial charge in [0.05, 0.1) is 0 Å². The Balaban J connectivity index is 2.16. The van der Waals surface area contributed by atoms with Crippen LogP contribution in [0, 0.1) is 5.41 Å². The quantitative estimate of drug-likeness (QED) is 0.780. The Kier molecular flexibility index (Phi) is 5.22. The van der Waals surface area contributed by atoms with E-state index < -0.39 is 0 Å². The second-order valence-electron chi connectivity index (χ2n) is 6.45. The van der Waals surface area contributed by atoms with Crippen LogP contribution in [0.25, 0.3) is 0 Å². The van der Waals surface area contributed by atoms with Crippen molar-refractivity contribution in [3.05, 3.63) is 0 Å². The lowest BCUT2D eigenvalue weighted by Crippen LogP contribution is -2.49. The van der Waals surface area contributed by atoms with Gasteiger partial charge in [-0.25, -0.2) is 0 Å². The van der Waals surface area contributed by atoms with E-state index in [-0.39, 0.29) is 0 Å². The monoisotopic (exact) mass is 227 g/mol. The van der Waals surface area contributed by atoms with E-state index in [4.69, 9.17) is 0 Å². The molecular weight excluding hydrogens is 198 g/mol. The molecule has 16 heavy (non-hydrogen) atoms. The highest BCUT2D eigenvalue weighted by molar-refractivity contribution is 4.75. The SMILES string of the molecule is CC(CN1CCN(C)CC1)NCC(C)(C)C. The largest absolute Gasteiger partial charge is 0.312 e. The first-order valence-corrected chi connectivity index (χ1v) is 6.51. The molecule has 3 heteroatoms. The van der Waals surface area contributed by atoms with Crippen LogP contribution in [0.1, 0.15) is 27.7 Å². The third kappa shape index (κ3) is 5.83. The lowest BCUT2D eigenvalue weighted by molar-refractivity contribution is 0.142. The molecule has 0 aromatic rings. The van der Waals surface area contributed by atoms with Crippen molar-refractivity contribution in [2.45, 2.75) is 33.7 Å². The molecule has 1 N–H and O–H groups in total. The van der Waals surface area contributed by atoms with Crippen LogP contribution in [0.5, 0.6) is 0 Å². The summed E-state index contributed by atoms with van der Waals surface area (Å²) < 4.78 is 0. The van der Waals surface area contributed by atoms with Crippen molar-refractivity contribution in [1.29, 1.82) is 0 Å². The Hall–Kier alpha value is -0.120. The molecule has 1 saturated heterocycles. The predicted molar refractivity (Wildman–Crippen MR) is 70.9 cm³/mol. The van der Waals surface area contributed by atoms with Crippen LogP contribution in [0.3, 0.4) is 0 Å². The molecule has 0 amide bonds. The molecule has 96 valence electrons. The van der Waals surface area contributed by atoms with E-state index in [0.29, 0.717) is 11.5 Å². The number of rotatable bonds is 4. The van der Waals surface area contributed by atoms with Crippen LogP contribution in [0.2, 0.25) is 0 Å². The summed E-state index contributed by atoms with van der Waals surface area (Å²) in [5.41, 5.74) is 0.385. The van der Waals surface area contributed by atoms with Crippen LogP contribution in [0.15, 0.2) is 0 Å². The lowest BCUT2D eigenvalue weighted by atomic mass is 9.96. The molecule has 1 fully saturated rings. The number of nitrogens with zero attached hydrogens (tertiary/aromatic N) is 2. The van der Waals surface area contributed by atoms with E-state index in [2.05, 4.69) is 49.9 Å². The van der Waals surface area contributed by atoms with Crippen LogP contribution in [0.4, 0.5) is 0 Å². The maximum absolute atomic E-state index is 3.63. The number of hydrogen-bond donors (Lipinski definition) is 1. The maximum Gasteiger partial charge on any atom is 0.0166 e. The minimum absolute atomic E-state index is 0.385. The zero-order valence-corrected chi connectivity index (χ0v) is 11.7. The highest BCUT2D eigenvalue weighted by Gasteiger charge is 2.17. The van der Waals surface area contributed by atoms with Gasteiger partial charge in [-0.2, -0.15) is 0 Å². The Bertz CT molecular complexity index is 190. The Morgan fingerprint density at radius 2 is 1.69 bits per heavy atom. The minimum atomic E-state index is 0.385. The number of nitrogens with one attached hydrogen (secondary N) is 1. The highest BCUT2D eigenvalue weighted by Crippen LogP contribution is 2.11. The van der Waals surface area contributed by atoms with Crippen LogP contribution in [-0.2, 0) is 0 Å². The van der Waals surface area contributed by atoms with Gasteiger partial charge in [-0.15, -0.1) is 0 Å². The van der Waals surface area contributed by atoms with Gasteiger partial charge in [0.15, 0.2) is 0 Å². The van der Waals surface area contributed by atoms with E-state index in [9.17, 15) is 0 Å². The molecule has 1 aliphatic rings. The third-order valence-electron chi connectivity index (χ3n) is 3.11. The molecule has 0 spiro atoms. The van der Waals surface area contributed by atoms with E-state index >= 15 is 0 Å². The summed E-state index contributed by atoms with van der Waals surface area (Å²) in [5, 5.41) is 3.63. The molecule has 0 aromatic carbocycles. The molecule has 1 rings (SSSR count). The van der Waals surface area contributed by atoms with Crippen molar-refractivity contribution in [3.8, 4) is 0 Å². The summed E-state index contributed by atoms with van der Waals surface area (Å²) in [6.07, 6.45) is 0. The number of hydrogen-bond acceptors (Lipinski definition) is 3. The normalized spacial score (nSPS) is 22.3. The summed E-state index contributed by atoms with van der Waals surface area (Å²) in [6.45, 7) is 16.3. The van der Waals surface area contributed by atoms with E-state index in [0.717, 1.165) is 6.54 Å². The smallest absolute Gasteiger partial charge is 0.0166 e. The van der Waals surface area contributed by atoms with Gasteiger partial charge in [0.2, 0.25) is 0 Å². The fourth-order valence-corrected chi connectivity index (χ4v) is 1.96. The van der Waals surface area contributed by atoms with Gasteiger partial charge in [0.25, 0.3) is 0 Å². The van der Waals surface area contributed by atoms with E-state index in [1.807, 2.05) is 0 Å². The maximum atomic E-state index is 3.63. The molecule has 0 aromatic heterocycles. The summed E-state index contributed by atoms with van der Waals surface area (Å²) in [4.78, 5) is 4.98. The summed E-state index contributed by atoms with van der Waals surface area (Å²) in [6, 6.07) is 0.600. The van der Waals surface area contributed by atoms with Crippen molar-refractivity contribution >= 4 is 0 Å². The molecule has 0 aliphatic carbocycles. The highest BCUT2D eigenvalue weighted by atomic mass is 15.3. The second kappa shape index (κ2) is 5.99. The fourth-order valence-electron chi connectivity index (χ4n) is 1.96. The average Bonchev–Trinajstić information content (AvgIpc) is 2.18. The molecule has 0 radical (unpaired) electrons. The zero-order chi connectivity index (χ0) is 12.2. The molecule has 1 heterocycles. The second-order valence-corrected chi connectivity index (χ2v) is 6.45. The van der Waals surface area contributed by atoms with Crippen LogP contribution in [-0.4, -0.2) is 62.2 Å². The minimum Gasteiger partial charge on any atom is -0.312 e. The van der Waals surface area contributed by atoms with Crippen molar-refractivity contribution in [3.63, 3.8) is 0 Å². The van der Waals surface area contributed by atoms with Gasteiger partial charge in [-0.3, -0.25) is 4.90 Å². The molecule has 1 aliphatic heterocycles. The molecule has 3 nitrogen and oxygen atoms in total. The summed E-state index contributed by atoms with van der Waals surface area (Å²) in [5.74, 6) is 0. The van der Waals surface area contributed by atoms with Gasteiger partial charge in [0, 0.05) is 45.3 Å². The van der Waals surface area contributed by atoms with E-state index in [1.54, 1.807) is 0 Å². The molecule has 0 bridgehead atoms. The molecule has 1 unspecified atom stereocenters. The van der Waals surface area contributed by atoms with Gasteiger partial charge < -0.3 is 10.2 Å². The first kappa shape index (κ1) is 13.9. The molecule has 0 saturated carbocycles. The summed E-state index contributed by atoms with van der Waals surface area (Å²) in [7, 11) is 2.21. The van der Waals surface area contributed by atoms with Gasteiger partial charge in [0.1, 0.15) is 0 Å². The summed E-state index contributed by atoms with van der Waals surface area (Å²) >= 11 is 0.